The molecule has 92 valence electrons. The largest absolute Gasteiger partial charge is 0.306 e. The number of hydrogen-bond donors (Lipinski definition) is 1. The zero-order valence-corrected chi connectivity index (χ0v) is 9.79. The van der Waals surface area contributed by atoms with Crippen LogP contribution >= 0.6 is 0 Å². The minimum absolute atomic E-state index is 0.259. The van der Waals surface area contributed by atoms with Crippen molar-refractivity contribution in [2.45, 2.75) is 12.5 Å². The van der Waals surface area contributed by atoms with E-state index in [0.717, 1.165) is 24.6 Å². The molecule has 1 heterocycles. The van der Waals surface area contributed by atoms with Gasteiger partial charge in [-0.3, -0.25) is 0 Å². The topological polar surface area (TPSA) is 12.0 Å². The average Bonchev–Trinajstić information content (AvgIpc) is 2.41. The maximum atomic E-state index is 13.8. The van der Waals surface area contributed by atoms with Crippen LogP contribution < -0.4 is 5.32 Å². The van der Waals surface area contributed by atoms with E-state index in [1.54, 1.807) is 0 Å². The quantitative estimate of drug-likeness (QED) is 0.813. The van der Waals surface area contributed by atoms with Crippen LogP contribution in [-0.2, 0) is 6.42 Å². The van der Waals surface area contributed by atoms with Crippen LogP contribution in [0.15, 0.2) is 42.5 Å². The molecular weight excluding hydrogens is 232 g/mol. The second-order valence-corrected chi connectivity index (χ2v) is 4.50. The van der Waals surface area contributed by atoms with Gasteiger partial charge >= 0.3 is 0 Å². The summed E-state index contributed by atoms with van der Waals surface area (Å²) < 4.78 is 27.1. The third kappa shape index (κ3) is 1.91. The summed E-state index contributed by atoms with van der Waals surface area (Å²) >= 11 is 0. The molecule has 0 fully saturated rings. The normalized spacial score (nSPS) is 18.4. The highest BCUT2D eigenvalue weighted by Gasteiger charge is 2.23. The highest BCUT2D eigenvalue weighted by molar-refractivity contribution is 5.40. The molecule has 3 rings (SSSR count). The Hall–Kier alpha value is -1.74. The van der Waals surface area contributed by atoms with Gasteiger partial charge < -0.3 is 5.32 Å². The maximum Gasteiger partial charge on any atom is 0.128 e. The van der Waals surface area contributed by atoms with E-state index < -0.39 is 5.82 Å². The van der Waals surface area contributed by atoms with Crippen molar-refractivity contribution in [1.82, 2.24) is 5.32 Å². The molecule has 1 aliphatic rings. The van der Waals surface area contributed by atoms with Gasteiger partial charge in [0.25, 0.3) is 0 Å². The molecule has 0 bridgehead atoms. The monoisotopic (exact) mass is 245 g/mol. The van der Waals surface area contributed by atoms with Gasteiger partial charge in [0.15, 0.2) is 0 Å². The first kappa shape index (κ1) is 11.4. The minimum atomic E-state index is -0.406. The Labute approximate surface area is 104 Å². The summed E-state index contributed by atoms with van der Waals surface area (Å²) in [4.78, 5) is 0. The standard InChI is InChI=1S/C15H13F2N/c16-11-5-6-14(17)13(9-11)15-12-4-2-1-3-10(12)7-8-18-15/h1-6,9,15,18H,7-8H2. The van der Waals surface area contributed by atoms with Crippen molar-refractivity contribution in [3.05, 3.63) is 70.8 Å². The minimum Gasteiger partial charge on any atom is -0.306 e. The zero-order valence-electron chi connectivity index (χ0n) is 9.79. The van der Waals surface area contributed by atoms with Crippen molar-refractivity contribution < 1.29 is 8.78 Å². The predicted octanol–water partition coefficient (Wildman–Crippen LogP) is 3.20. The van der Waals surface area contributed by atoms with E-state index in [2.05, 4.69) is 5.32 Å². The van der Waals surface area contributed by atoms with Gasteiger partial charge in [0, 0.05) is 12.1 Å². The first-order valence-electron chi connectivity index (χ1n) is 6.02. The summed E-state index contributed by atoms with van der Waals surface area (Å²) in [6, 6.07) is 11.3. The summed E-state index contributed by atoms with van der Waals surface area (Å²) in [6.45, 7) is 0.775. The lowest BCUT2D eigenvalue weighted by molar-refractivity contribution is 0.519. The maximum absolute atomic E-state index is 13.8. The Morgan fingerprint density at radius 1 is 1.00 bits per heavy atom. The molecule has 1 aliphatic heterocycles. The molecular formula is C15H13F2N. The molecule has 2 aromatic rings. The van der Waals surface area contributed by atoms with E-state index in [4.69, 9.17) is 0 Å². The number of halogens is 2. The highest BCUT2D eigenvalue weighted by atomic mass is 19.1. The van der Waals surface area contributed by atoms with Crippen LogP contribution in [0.4, 0.5) is 8.78 Å². The van der Waals surface area contributed by atoms with Crippen LogP contribution in [-0.4, -0.2) is 6.54 Å². The third-order valence-electron chi connectivity index (χ3n) is 3.38. The van der Waals surface area contributed by atoms with Crippen LogP contribution in [0.2, 0.25) is 0 Å². The second-order valence-electron chi connectivity index (χ2n) is 4.50. The Bertz CT molecular complexity index is 580. The van der Waals surface area contributed by atoms with Crippen molar-refractivity contribution in [1.29, 1.82) is 0 Å². The number of benzene rings is 2. The van der Waals surface area contributed by atoms with Gasteiger partial charge in [-0.25, -0.2) is 8.78 Å². The smallest absolute Gasteiger partial charge is 0.128 e. The van der Waals surface area contributed by atoms with E-state index >= 15 is 0 Å². The first-order chi connectivity index (χ1) is 8.75. The van der Waals surface area contributed by atoms with E-state index in [1.165, 1.54) is 17.7 Å². The van der Waals surface area contributed by atoms with Crippen LogP contribution in [0, 0.1) is 11.6 Å². The predicted molar refractivity (Wildman–Crippen MR) is 66.3 cm³/mol. The Balaban J connectivity index is 2.11. The summed E-state index contributed by atoms with van der Waals surface area (Å²) in [5.41, 5.74) is 2.61. The second kappa shape index (κ2) is 4.50. The van der Waals surface area contributed by atoms with Gasteiger partial charge in [-0.15, -0.1) is 0 Å². The molecule has 3 heteroatoms. The fourth-order valence-corrected chi connectivity index (χ4v) is 2.52. The van der Waals surface area contributed by atoms with Crippen LogP contribution in [0.25, 0.3) is 0 Å². The van der Waals surface area contributed by atoms with Crippen LogP contribution in [0.5, 0.6) is 0 Å². The lowest BCUT2D eigenvalue weighted by Gasteiger charge is -2.27. The fourth-order valence-electron chi connectivity index (χ4n) is 2.52. The van der Waals surface area contributed by atoms with Gasteiger partial charge in [-0.05, 0) is 35.7 Å². The van der Waals surface area contributed by atoms with Gasteiger partial charge in [0.2, 0.25) is 0 Å². The number of fused-ring (bicyclic) bond motifs is 1. The Kier molecular flexibility index (Phi) is 2.84. The van der Waals surface area contributed by atoms with Crippen molar-refractivity contribution in [3.8, 4) is 0 Å². The van der Waals surface area contributed by atoms with Gasteiger partial charge in [0.05, 0.1) is 6.04 Å². The molecule has 1 unspecified atom stereocenters. The van der Waals surface area contributed by atoms with Crippen LogP contribution in [0.1, 0.15) is 22.7 Å². The molecule has 0 aromatic heterocycles. The molecule has 0 saturated heterocycles. The summed E-state index contributed by atoms with van der Waals surface area (Å²) in [5, 5.41) is 3.25. The molecule has 0 aliphatic carbocycles. The Morgan fingerprint density at radius 2 is 1.83 bits per heavy atom. The van der Waals surface area contributed by atoms with Crippen LogP contribution in [0.3, 0.4) is 0 Å². The lowest BCUT2D eigenvalue weighted by atomic mass is 9.90. The van der Waals surface area contributed by atoms with Gasteiger partial charge in [-0.1, -0.05) is 24.3 Å². The van der Waals surface area contributed by atoms with E-state index in [-0.39, 0.29) is 11.9 Å². The summed E-state index contributed by atoms with van der Waals surface area (Å²) in [5.74, 6) is -0.776. The molecule has 1 N–H and O–H groups in total. The van der Waals surface area contributed by atoms with E-state index in [9.17, 15) is 8.78 Å². The van der Waals surface area contributed by atoms with E-state index in [0.29, 0.717) is 5.56 Å². The first-order valence-corrected chi connectivity index (χ1v) is 6.02. The number of rotatable bonds is 1. The third-order valence-corrected chi connectivity index (χ3v) is 3.38. The van der Waals surface area contributed by atoms with Crippen molar-refractivity contribution in [2.75, 3.05) is 6.54 Å². The molecule has 2 aromatic carbocycles. The zero-order chi connectivity index (χ0) is 12.5. The average molecular weight is 245 g/mol. The molecule has 1 atom stereocenters. The van der Waals surface area contributed by atoms with Crippen molar-refractivity contribution in [3.63, 3.8) is 0 Å². The summed E-state index contributed by atoms with van der Waals surface area (Å²) in [7, 11) is 0. The van der Waals surface area contributed by atoms with Gasteiger partial charge in [-0.2, -0.15) is 0 Å². The summed E-state index contributed by atoms with van der Waals surface area (Å²) in [6.07, 6.45) is 0.920. The lowest BCUT2D eigenvalue weighted by Crippen LogP contribution is -2.31. The Morgan fingerprint density at radius 3 is 2.72 bits per heavy atom. The highest BCUT2D eigenvalue weighted by Crippen LogP contribution is 2.30. The number of nitrogens with one attached hydrogen (secondary N) is 1. The molecule has 0 saturated carbocycles. The SMILES string of the molecule is Fc1ccc(F)c(C2NCCc3ccccc32)c1. The molecule has 0 radical (unpaired) electrons. The van der Waals surface area contributed by atoms with Crippen molar-refractivity contribution >= 4 is 0 Å². The number of hydrogen-bond acceptors (Lipinski definition) is 1. The molecule has 18 heavy (non-hydrogen) atoms. The van der Waals surface area contributed by atoms with Gasteiger partial charge in [0.1, 0.15) is 11.6 Å². The molecule has 0 amide bonds. The van der Waals surface area contributed by atoms with Crippen molar-refractivity contribution in [2.24, 2.45) is 0 Å². The molecule has 0 spiro atoms. The fraction of sp³-hybridized carbons (Fsp3) is 0.200. The molecule has 1 nitrogen and oxygen atoms in total. The van der Waals surface area contributed by atoms with E-state index in [1.807, 2.05) is 24.3 Å².